The number of aryl methyl sites for hydroxylation is 1. The summed E-state index contributed by atoms with van der Waals surface area (Å²) in [5, 5.41) is 3.95. The van der Waals surface area contributed by atoms with E-state index < -0.39 is 0 Å². The molecule has 21 heavy (non-hydrogen) atoms. The Morgan fingerprint density at radius 1 is 1.48 bits per heavy atom. The second-order valence-corrected chi connectivity index (χ2v) is 6.67. The first kappa shape index (κ1) is 14.5. The lowest BCUT2D eigenvalue weighted by Crippen LogP contribution is -2.52. The van der Waals surface area contributed by atoms with E-state index >= 15 is 0 Å². The molecule has 1 atom stereocenters. The molecule has 2 N–H and O–H groups in total. The molecular formula is C15H24N4O2. The smallest absolute Gasteiger partial charge is 0.224 e. The van der Waals surface area contributed by atoms with Gasteiger partial charge in [0.2, 0.25) is 11.8 Å². The third-order valence-corrected chi connectivity index (χ3v) is 4.77. The van der Waals surface area contributed by atoms with Gasteiger partial charge in [-0.2, -0.15) is 4.98 Å². The maximum atomic E-state index is 12.4. The molecule has 1 amide bonds. The zero-order valence-electron chi connectivity index (χ0n) is 12.7. The van der Waals surface area contributed by atoms with E-state index in [1.807, 2.05) is 4.90 Å². The highest BCUT2D eigenvalue weighted by Gasteiger charge is 2.36. The van der Waals surface area contributed by atoms with Gasteiger partial charge in [0.05, 0.1) is 0 Å². The van der Waals surface area contributed by atoms with Crippen LogP contribution in [0.15, 0.2) is 4.52 Å². The molecule has 116 valence electrons. The van der Waals surface area contributed by atoms with Crippen molar-refractivity contribution in [2.75, 3.05) is 13.1 Å². The molecule has 6 heteroatoms. The number of likely N-dealkylation sites (tertiary alicyclic amines) is 1. The molecule has 1 aromatic rings. The van der Waals surface area contributed by atoms with Crippen molar-refractivity contribution in [2.24, 2.45) is 11.7 Å². The Morgan fingerprint density at radius 3 is 2.90 bits per heavy atom. The van der Waals surface area contributed by atoms with Crippen molar-refractivity contribution >= 4 is 5.91 Å². The maximum Gasteiger partial charge on any atom is 0.224 e. The second kappa shape index (κ2) is 5.75. The fraction of sp³-hybridized carbons (Fsp3) is 0.800. The van der Waals surface area contributed by atoms with Crippen molar-refractivity contribution in [2.45, 2.75) is 57.4 Å². The first-order chi connectivity index (χ1) is 10.0. The Hall–Kier alpha value is -1.43. The summed E-state index contributed by atoms with van der Waals surface area (Å²) in [5.41, 5.74) is 5.96. The quantitative estimate of drug-likeness (QED) is 0.907. The van der Waals surface area contributed by atoms with E-state index in [0.29, 0.717) is 18.2 Å². The highest BCUT2D eigenvalue weighted by Crippen LogP contribution is 2.33. The number of hydrogen-bond acceptors (Lipinski definition) is 5. The van der Waals surface area contributed by atoms with Crippen molar-refractivity contribution < 1.29 is 9.32 Å². The highest BCUT2D eigenvalue weighted by atomic mass is 16.5. The Balaban J connectivity index is 1.53. The molecule has 0 radical (unpaired) electrons. The second-order valence-electron chi connectivity index (χ2n) is 6.67. The van der Waals surface area contributed by atoms with Gasteiger partial charge >= 0.3 is 0 Å². The Labute approximate surface area is 125 Å². The van der Waals surface area contributed by atoms with Crippen molar-refractivity contribution in [3.8, 4) is 0 Å². The van der Waals surface area contributed by atoms with Gasteiger partial charge in [0, 0.05) is 38.4 Å². The minimum absolute atomic E-state index is 0.214. The highest BCUT2D eigenvalue weighted by molar-refractivity contribution is 5.77. The number of amides is 1. The minimum atomic E-state index is -0.227. The van der Waals surface area contributed by atoms with E-state index in [2.05, 4.69) is 10.1 Å². The van der Waals surface area contributed by atoms with Gasteiger partial charge in [0.1, 0.15) is 0 Å². The lowest BCUT2D eigenvalue weighted by molar-refractivity contribution is -0.135. The number of carbonyl (C=O) groups excluding carboxylic acids is 1. The van der Waals surface area contributed by atoms with Gasteiger partial charge in [-0.15, -0.1) is 0 Å². The number of rotatable bonds is 4. The number of aromatic nitrogens is 2. The molecule has 2 fully saturated rings. The van der Waals surface area contributed by atoms with Crippen molar-refractivity contribution in [3.05, 3.63) is 11.7 Å². The summed E-state index contributed by atoms with van der Waals surface area (Å²) < 4.78 is 5.01. The van der Waals surface area contributed by atoms with Crippen molar-refractivity contribution in [3.63, 3.8) is 0 Å². The van der Waals surface area contributed by atoms with E-state index in [1.54, 1.807) is 6.92 Å². The fourth-order valence-corrected chi connectivity index (χ4v) is 3.36. The van der Waals surface area contributed by atoms with Gasteiger partial charge in [0.25, 0.3) is 0 Å². The molecule has 1 aliphatic heterocycles. The van der Waals surface area contributed by atoms with Crippen LogP contribution < -0.4 is 5.73 Å². The van der Waals surface area contributed by atoms with Crippen molar-refractivity contribution in [1.29, 1.82) is 0 Å². The lowest BCUT2D eigenvalue weighted by Gasteiger charge is -2.40. The number of nitrogens with zero attached hydrogens (tertiary/aromatic N) is 3. The van der Waals surface area contributed by atoms with Crippen LogP contribution >= 0.6 is 0 Å². The van der Waals surface area contributed by atoms with Crippen LogP contribution in [0.5, 0.6) is 0 Å². The molecule has 1 aliphatic carbocycles. The molecule has 2 aliphatic rings. The predicted molar refractivity (Wildman–Crippen MR) is 77.4 cm³/mol. The maximum absolute atomic E-state index is 12.4. The van der Waals surface area contributed by atoms with E-state index in [4.69, 9.17) is 10.3 Å². The molecule has 0 spiro atoms. The summed E-state index contributed by atoms with van der Waals surface area (Å²) in [5.74, 6) is 1.99. The van der Waals surface area contributed by atoms with Crippen molar-refractivity contribution in [1.82, 2.24) is 15.0 Å². The number of hydrogen-bond donors (Lipinski definition) is 1. The predicted octanol–water partition coefficient (Wildman–Crippen LogP) is 1.43. The lowest BCUT2D eigenvalue weighted by atomic mass is 9.75. The molecule has 0 aromatic carbocycles. The monoisotopic (exact) mass is 292 g/mol. The molecule has 0 unspecified atom stereocenters. The first-order valence-electron chi connectivity index (χ1n) is 7.90. The topological polar surface area (TPSA) is 85.2 Å². The summed E-state index contributed by atoms with van der Waals surface area (Å²) >= 11 is 0. The first-order valence-corrected chi connectivity index (χ1v) is 7.90. The third kappa shape index (κ3) is 3.43. The van der Waals surface area contributed by atoms with Crippen LogP contribution in [-0.2, 0) is 11.2 Å². The molecule has 3 rings (SSSR count). The Bertz CT molecular complexity index is 510. The molecule has 0 bridgehead atoms. The average Bonchev–Trinajstić information content (AvgIpc) is 2.82. The molecule has 2 heterocycles. The summed E-state index contributed by atoms with van der Waals surface area (Å²) in [6, 6.07) is 0. The molecule has 1 aromatic heterocycles. The van der Waals surface area contributed by atoms with Crippen LogP contribution in [0.25, 0.3) is 0 Å². The standard InChI is InChI=1S/C15H24N4O2/c1-11-17-13(18-21-11)8-12-4-2-7-19(10-12)14(20)9-15(16)5-3-6-15/h12H,2-10,16H2,1H3/t12-/m1/s1. The van der Waals surface area contributed by atoms with Crippen LogP contribution in [0, 0.1) is 12.8 Å². The van der Waals surface area contributed by atoms with E-state index in [0.717, 1.165) is 57.4 Å². The van der Waals surface area contributed by atoms with Crippen LogP contribution in [0.1, 0.15) is 50.2 Å². The largest absolute Gasteiger partial charge is 0.342 e. The van der Waals surface area contributed by atoms with Gasteiger partial charge in [-0.25, -0.2) is 0 Å². The number of piperidine rings is 1. The van der Waals surface area contributed by atoms with Gasteiger partial charge in [-0.1, -0.05) is 5.16 Å². The van der Waals surface area contributed by atoms with E-state index in [1.165, 1.54) is 0 Å². The summed E-state index contributed by atoms with van der Waals surface area (Å²) in [4.78, 5) is 18.6. The van der Waals surface area contributed by atoms with Gasteiger partial charge in [-0.05, 0) is 38.0 Å². The molecular weight excluding hydrogens is 268 g/mol. The number of carbonyl (C=O) groups is 1. The number of nitrogens with two attached hydrogens (primary N) is 1. The van der Waals surface area contributed by atoms with Crippen LogP contribution in [0.2, 0.25) is 0 Å². The average molecular weight is 292 g/mol. The summed E-state index contributed by atoms with van der Waals surface area (Å²) in [6.45, 7) is 3.45. The van der Waals surface area contributed by atoms with Gasteiger partial charge < -0.3 is 15.2 Å². The van der Waals surface area contributed by atoms with Crippen LogP contribution in [-0.4, -0.2) is 39.6 Å². The Kier molecular flexibility index (Phi) is 3.97. The van der Waals surface area contributed by atoms with Crippen LogP contribution in [0.4, 0.5) is 0 Å². The summed E-state index contributed by atoms with van der Waals surface area (Å²) in [6.07, 6.45) is 6.58. The fourth-order valence-electron chi connectivity index (χ4n) is 3.36. The van der Waals surface area contributed by atoms with Gasteiger partial charge in [0.15, 0.2) is 5.82 Å². The zero-order chi connectivity index (χ0) is 14.9. The molecule has 1 saturated heterocycles. The van der Waals surface area contributed by atoms with E-state index in [9.17, 15) is 4.79 Å². The minimum Gasteiger partial charge on any atom is -0.342 e. The zero-order valence-corrected chi connectivity index (χ0v) is 12.7. The molecule has 6 nitrogen and oxygen atoms in total. The SMILES string of the molecule is Cc1nc(C[C@H]2CCCN(C(=O)CC3(N)CCC3)C2)no1. The van der Waals surface area contributed by atoms with Crippen LogP contribution in [0.3, 0.4) is 0 Å². The molecule has 1 saturated carbocycles. The third-order valence-electron chi connectivity index (χ3n) is 4.77. The normalized spacial score (nSPS) is 24.7. The summed E-state index contributed by atoms with van der Waals surface area (Å²) in [7, 11) is 0. The van der Waals surface area contributed by atoms with Gasteiger partial charge in [-0.3, -0.25) is 4.79 Å². The van der Waals surface area contributed by atoms with E-state index in [-0.39, 0.29) is 11.4 Å². The Morgan fingerprint density at radius 2 is 2.29 bits per heavy atom.